The van der Waals surface area contributed by atoms with Gasteiger partial charge in [-0.15, -0.1) is 0 Å². The molecule has 160 valence electrons. The first kappa shape index (κ1) is 21.9. The van der Waals surface area contributed by atoms with Crippen LogP contribution in [0.4, 0.5) is 4.39 Å². The molecule has 0 bridgehead atoms. The van der Waals surface area contributed by atoms with Gasteiger partial charge in [0.1, 0.15) is 5.82 Å². The molecule has 1 aromatic rings. The van der Waals surface area contributed by atoms with Crippen LogP contribution in [0.25, 0.3) is 0 Å². The molecule has 1 aliphatic carbocycles. The van der Waals surface area contributed by atoms with E-state index in [0.29, 0.717) is 32.7 Å². The summed E-state index contributed by atoms with van der Waals surface area (Å²) in [4.78, 5) is 14.6. The van der Waals surface area contributed by atoms with E-state index in [0.717, 1.165) is 31.4 Å². The van der Waals surface area contributed by atoms with Crippen LogP contribution in [-0.4, -0.2) is 62.3 Å². The number of benzene rings is 1. The highest BCUT2D eigenvalue weighted by atomic mass is 32.2. The van der Waals surface area contributed by atoms with Gasteiger partial charge in [0.05, 0.1) is 10.9 Å². The number of carbonyl (C=O) groups is 1. The van der Waals surface area contributed by atoms with Gasteiger partial charge in [-0.25, -0.2) is 12.8 Å². The van der Waals surface area contributed by atoms with Gasteiger partial charge in [0.25, 0.3) is 0 Å². The summed E-state index contributed by atoms with van der Waals surface area (Å²) in [5.41, 5.74) is 1.43. The molecule has 1 amide bonds. The number of nitrogens with zero attached hydrogens (tertiary/aromatic N) is 2. The number of carbonyl (C=O) groups excluding carboxylic acids is 1. The Labute approximate surface area is 172 Å². The average molecular weight is 424 g/mol. The van der Waals surface area contributed by atoms with Gasteiger partial charge in [-0.1, -0.05) is 11.6 Å². The average Bonchev–Trinajstić information content (AvgIpc) is 2.74. The number of allylic oxidation sites excluding steroid dienone is 1. The van der Waals surface area contributed by atoms with Crippen LogP contribution >= 0.6 is 0 Å². The van der Waals surface area contributed by atoms with E-state index < -0.39 is 15.8 Å². The Morgan fingerprint density at radius 3 is 2.45 bits per heavy atom. The van der Waals surface area contributed by atoms with Crippen molar-refractivity contribution in [1.29, 1.82) is 0 Å². The number of hydrogen-bond acceptors (Lipinski definition) is 4. The second-order valence-electron chi connectivity index (χ2n) is 7.72. The zero-order valence-electron chi connectivity index (χ0n) is 16.9. The summed E-state index contributed by atoms with van der Waals surface area (Å²) in [5.74, 6) is -0.482. The summed E-state index contributed by atoms with van der Waals surface area (Å²) in [7, 11) is -3.64. The van der Waals surface area contributed by atoms with Crippen molar-refractivity contribution < 1.29 is 17.6 Å². The van der Waals surface area contributed by atoms with Crippen LogP contribution in [0.2, 0.25) is 0 Å². The van der Waals surface area contributed by atoms with Gasteiger partial charge in [0.2, 0.25) is 15.9 Å². The van der Waals surface area contributed by atoms with E-state index in [2.05, 4.69) is 11.4 Å². The predicted octanol–water partition coefficient (Wildman–Crippen LogP) is 2.53. The van der Waals surface area contributed by atoms with Crippen LogP contribution < -0.4 is 5.32 Å². The third-order valence-electron chi connectivity index (χ3n) is 5.78. The second kappa shape index (κ2) is 9.82. The highest BCUT2D eigenvalue weighted by Crippen LogP contribution is 2.20. The van der Waals surface area contributed by atoms with Crippen LogP contribution in [0.5, 0.6) is 0 Å². The van der Waals surface area contributed by atoms with Crippen molar-refractivity contribution >= 4 is 15.9 Å². The Balaban J connectivity index is 1.47. The molecule has 0 saturated carbocycles. The van der Waals surface area contributed by atoms with Crippen LogP contribution in [-0.2, 0) is 14.8 Å². The Kier molecular flexibility index (Phi) is 7.43. The normalized spacial score (nSPS) is 20.1. The first-order chi connectivity index (χ1) is 13.9. The molecule has 0 aromatic heterocycles. The Bertz CT molecular complexity index is 831. The molecule has 1 aliphatic heterocycles. The summed E-state index contributed by atoms with van der Waals surface area (Å²) in [6.07, 6.45) is 7.97. The lowest BCUT2D eigenvalue weighted by Crippen LogP contribution is -2.54. The largest absolute Gasteiger partial charge is 0.354 e. The van der Waals surface area contributed by atoms with Gasteiger partial charge in [0.15, 0.2) is 0 Å². The van der Waals surface area contributed by atoms with Crippen molar-refractivity contribution in [3.8, 4) is 0 Å². The smallest absolute Gasteiger partial charge is 0.243 e. The summed E-state index contributed by atoms with van der Waals surface area (Å²) in [6.45, 7) is 4.10. The van der Waals surface area contributed by atoms with Crippen molar-refractivity contribution in [2.75, 3.05) is 32.7 Å². The van der Waals surface area contributed by atoms with Gasteiger partial charge in [-0.3, -0.25) is 9.69 Å². The fraction of sp³-hybridized carbons (Fsp3) is 0.571. The number of sulfonamides is 1. The van der Waals surface area contributed by atoms with Gasteiger partial charge in [0, 0.05) is 32.7 Å². The molecule has 1 atom stereocenters. The lowest BCUT2D eigenvalue weighted by Gasteiger charge is -2.36. The van der Waals surface area contributed by atoms with Crippen LogP contribution in [0.15, 0.2) is 40.8 Å². The SMILES string of the molecule is C[C@H](C(=O)NCCC1=CCCCC1)N1CCN(S(=O)(=O)c2ccc(F)cc2)CC1. The fourth-order valence-corrected chi connectivity index (χ4v) is 5.30. The minimum atomic E-state index is -3.64. The molecule has 0 unspecified atom stereocenters. The van der Waals surface area contributed by atoms with Gasteiger partial charge in [-0.05, 0) is 63.3 Å². The standard InChI is InChI=1S/C21H30FN3O3S/c1-17(21(26)23-12-11-18-5-3-2-4-6-18)24-13-15-25(16-14-24)29(27,28)20-9-7-19(22)8-10-20/h5,7-10,17H,2-4,6,11-16H2,1H3,(H,23,26)/t17-/m1/s1. The minimum Gasteiger partial charge on any atom is -0.354 e. The molecule has 29 heavy (non-hydrogen) atoms. The second-order valence-corrected chi connectivity index (χ2v) is 9.66. The Morgan fingerprint density at radius 1 is 1.14 bits per heavy atom. The van der Waals surface area contributed by atoms with Crippen molar-refractivity contribution in [3.63, 3.8) is 0 Å². The molecule has 1 fully saturated rings. The number of halogens is 1. The highest BCUT2D eigenvalue weighted by Gasteiger charge is 2.31. The zero-order chi connectivity index (χ0) is 20.9. The van der Waals surface area contributed by atoms with E-state index in [4.69, 9.17) is 0 Å². The van der Waals surface area contributed by atoms with Crippen LogP contribution in [0.3, 0.4) is 0 Å². The quantitative estimate of drug-likeness (QED) is 0.685. The molecule has 6 nitrogen and oxygen atoms in total. The van der Waals surface area contributed by atoms with Gasteiger partial charge < -0.3 is 5.32 Å². The van der Waals surface area contributed by atoms with E-state index in [9.17, 15) is 17.6 Å². The summed E-state index contributed by atoms with van der Waals surface area (Å²) in [6, 6.07) is 4.58. The summed E-state index contributed by atoms with van der Waals surface area (Å²) in [5, 5.41) is 3.01. The molecule has 2 aliphatic rings. The third-order valence-corrected chi connectivity index (χ3v) is 7.70. The number of nitrogens with one attached hydrogen (secondary N) is 1. The van der Waals surface area contributed by atoms with Crippen molar-refractivity contribution in [2.24, 2.45) is 0 Å². The number of rotatable bonds is 7. The topological polar surface area (TPSA) is 69.7 Å². The number of amides is 1. The molecule has 0 radical (unpaired) electrons. The van der Waals surface area contributed by atoms with Gasteiger partial charge in [-0.2, -0.15) is 4.31 Å². The Hall–Kier alpha value is -1.77. The Morgan fingerprint density at radius 2 is 1.83 bits per heavy atom. The fourth-order valence-electron chi connectivity index (χ4n) is 3.88. The molecule has 3 rings (SSSR count). The van der Waals surface area contributed by atoms with E-state index in [-0.39, 0.29) is 16.8 Å². The molecule has 8 heteroatoms. The number of hydrogen-bond donors (Lipinski definition) is 1. The maximum absolute atomic E-state index is 13.1. The molecular formula is C21H30FN3O3S. The molecule has 0 spiro atoms. The molecule has 1 N–H and O–H groups in total. The highest BCUT2D eigenvalue weighted by molar-refractivity contribution is 7.89. The van der Waals surface area contributed by atoms with E-state index >= 15 is 0 Å². The van der Waals surface area contributed by atoms with Crippen molar-refractivity contribution in [2.45, 2.75) is 50.0 Å². The van der Waals surface area contributed by atoms with Gasteiger partial charge >= 0.3 is 0 Å². The lowest BCUT2D eigenvalue weighted by atomic mass is 9.97. The predicted molar refractivity (Wildman–Crippen MR) is 110 cm³/mol. The first-order valence-corrected chi connectivity index (χ1v) is 11.8. The molecule has 1 heterocycles. The monoisotopic (exact) mass is 423 g/mol. The van der Waals surface area contributed by atoms with Crippen molar-refractivity contribution in [1.82, 2.24) is 14.5 Å². The minimum absolute atomic E-state index is 0.0174. The van der Waals surface area contributed by atoms with E-state index in [1.54, 1.807) is 0 Å². The van der Waals surface area contributed by atoms with Crippen LogP contribution in [0.1, 0.15) is 39.0 Å². The molecule has 1 aromatic carbocycles. The number of piperazine rings is 1. The zero-order valence-corrected chi connectivity index (χ0v) is 17.8. The third kappa shape index (κ3) is 5.65. The maximum Gasteiger partial charge on any atom is 0.243 e. The lowest BCUT2D eigenvalue weighted by molar-refractivity contribution is -0.126. The van der Waals surface area contributed by atoms with E-state index in [1.807, 2.05) is 11.8 Å². The van der Waals surface area contributed by atoms with E-state index in [1.165, 1.54) is 34.9 Å². The first-order valence-electron chi connectivity index (χ1n) is 10.3. The molecule has 1 saturated heterocycles. The maximum atomic E-state index is 13.1. The van der Waals surface area contributed by atoms with Crippen molar-refractivity contribution in [3.05, 3.63) is 41.7 Å². The summed E-state index contributed by atoms with van der Waals surface area (Å²) < 4.78 is 39.9. The summed E-state index contributed by atoms with van der Waals surface area (Å²) >= 11 is 0. The van der Waals surface area contributed by atoms with Crippen LogP contribution in [0, 0.1) is 5.82 Å². The molecular weight excluding hydrogens is 393 g/mol.